The number of benzene rings is 2. The van der Waals surface area contributed by atoms with E-state index in [1.165, 1.54) is 32.5 Å². The van der Waals surface area contributed by atoms with Crippen LogP contribution in [0.3, 0.4) is 0 Å². The van der Waals surface area contributed by atoms with Crippen LogP contribution in [0.4, 0.5) is 0 Å². The topological polar surface area (TPSA) is 124 Å². The van der Waals surface area contributed by atoms with Crippen LogP contribution in [-0.2, 0) is 60.6 Å². The number of hydrogen-bond acceptors (Lipinski definition) is 11. The van der Waals surface area contributed by atoms with Crippen LogP contribution in [0.5, 0.6) is 0 Å². The van der Waals surface area contributed by atoms with Crippen LogP contribution in [0, 0.1) is 6.92 Å². The van der Waals surface area contributed by atoms with Crippen LogP contribution in [-0.4, -0.2) is 67.1 Å². The van der Waals surface area contributed by atoms with Gasteiger partial charge in [-0.25, -0.2) is 0 Å². The lowest BCUT2D eigenvalue weighted by atomic mass is 9.90. The van der Waals surface area contributed by atoms with Gasteiger partial charge in [0.15, 0.2) is 18.3 Å². The van der Waals surface area contributed by atoms with Gasteiger partial charge in [-0.2, -0.15) is 0 Å². The molecule has 43 heavy (non-hydrogen) atoms. The Hall–Kier alpha value is -3.41. The van der Waals surface area contributed by atoms with Crippen LogP contribution < -0.4 is 0 Å². The Morgan fingerprint density at radius 2 is 1.44 bits per heavy atom. The van der Waals surface area contributed by atoms with Crippen LogP contribution in [0.2, 0.25) is 0 Å². The highest BCUT2D eigenvalue weighted by Gasteiger charge is 2.52. The minimum absolute atomic E-state index is 0.217. The fourth-order valence-corrected chi connectivity index (χ4v) is 5.55. The number of carbonyl (C=O) groups is 4. The van der Waals surface area contributed by atoms with Crippen molar-refractivity contribution in [3.05, 3.63) is 70.3 Å². The normalized spacial score (nSPS) is 21.5. The summed E-state index contributed by atoms with van der Waals surface area (Å²) in [6, 6.07) is 13.9. The van der Waals surface area contributed by atoms with Crippen molar-refractivity contribution >= 4 is 35.6 Å². The third-order valence-electron chi connectivity index (χ3n) is 6.78. The Kier molecular flexibility index (Phi) is 13.0. The molecule has 1 fully saturated rings. The zero-order chi connectivity index (χ0) is 31.5. The number of esters is 4. The first-order valence-electron chi connectivity index (χ1n) is 14.1. The largest absolute Gasteiger partial charge is 0.466 e. The van der Waals surface area contributed by atoms with E-state index < -0.39 is 47.8 Å². The first-order valence-corrected chi connectivity index (χ1v) is 15.4. The molecule has 2 aromatic rings. The molecule has 10 nitrogen and oxygen atoms in total. The van der Waals surface area contributed by atoms with Crippen molar-refractivity contribution in [1.29, 1.82) is 0 Å². The summed E-state index contributed by atoms with van der Waals surface area (Å²) in [5, 5.41) is 0. The van der Waals surface area contributed by atoms with E-state index in [9.17, 15) is 19.2 Å². The molecule has 0 amide bonds. The molecule has 1 unspecified atom stereocenters. The maximum absolute atomic E-state index is 12.2. The summed E-state index contributed by atoms with van der Waals surface area (Å²) < 4.78 is 33.7. The van der Waals surface area contributed by atoms with Gasteiger partial charge in [0.1, 0.15) is 11.5 Å². The Morgan fingerprint density at radius 3 is 2.05 bits per heavy atom. The zero-order valence-corrected chi connectivity index (χ0v) is 26.3. The maximum Gasteiger partial charge on any atom is 0.308 e. The molecule has 3 rings (SSSR count). The number of ether oxygens (including phenoxy) is 6. The maximum atomic E-state index is 12.2. The number of hydrogen-bond donors (Lipinski definition) is 0. The Bertz CT molecular complexity index is 1260. The zero-order valence-electron chi connectivity index (χ0n) is 25.5. The van der Waals surface area contributed by atoms with Gasteiger partial charge >= 0.3 is 23.9 Å². The molecule has 0 bridgehead atoms. The molecule has 0 saturated carbocycles. The summed E-state index contributed by atoms with van der Waals surface area (Å²) in [6.07, 6.45) is -1.24. The lowest BCUT2D eigenvalue weighted by Gasteiger charge is -2.44. The van der Waals surface area contributed by atoms with Gasteiger partial charge in [-0.3, -0.25) is 19.2 Å². The van der Waals surface area contributed by atoms with Crippen molar-refractivity contribution in [2.75, 3.05) is 19.5 Å². The van der Waals surface area contributed by atoms with Crippen molar-refractivity contribution < 1.29 is 47.6 Å². The molecule has 0 N–H and O–H groups in total. The second kappa shape index (κ2) is 16.4. The first-order chi connectivity index (χ1) is 20.5. The van der Waals surface area contributed by atoms with Crippen molar-refractivity contribution in [1.82, 2.24) is 0 Å². The summed E-state index contributed by atoms with van der Waals surface area (Å²) in [6.45, 7) is 8.59. The molecule has 0 aromatic heterocycles. The van der Waals surface area contributed by atoms with Crippen molar-refractivity contribution in [3.63, 3.8) is 0 Å². The number of aryl methyl sites for hydroxylation is 1. The number of rotatable bonds is 13. The smallest absolute Gasteiger partial charge is 0.308 e. The van der Waals surface area contributed by atoms with E-state index in [0.29, 0.717) is 26.2 Å². The van der Waals surface area contributed by atoms with Gasteiger partial charge in [0.2, 0.25) is 0 Å². The third kappa shape index (κ3) is 10.1. The Labute approximate surface area is 256 Å². The van der Waals surface area contributed by atoms with Gasteiger partial charge in [-0.1, -0.05) is 42.5 Å². The highest BCUT2D eigenvalue weighted by molar-refractivity contribution is 7.99. The van der Waals surface area contributed by atoms with Gasteiger partial charge in [0.05, 0.1) is 26.2 Å². The predicted molar refractivity (Wildman–Crippen MR) is 159 cm³/mol. The van der Waals surface area contributed by atoms with Crippen LogP contribution >= 0.6 is 11.8 Å². The molecule has 2 aromatic carbocycles. The fourth-order valence-electron chi connectivity index (χ4n) is 4.84. The molecule has 1 heterocycles. The van der Waals surface area contributed by atoms with Gasteiger partial charge in [0, 0.05) is 20.8 Å². The lowest BCUT2D eigenvalue weighted by molar-refractivity contribution is -0.233. The van der Waals surface area contributed by atoms with Crippen molar-refractivity contribution in [2.45, 2.75) is 83.9 Å². The molecule has 234 valence electrons. The van der Waals surface area contributed by atoms with Gasteiger partial charge in [0.25, 0.3) is 0 Å². The number of thioether (sulfide) groups is 1. The first kappa shape index (κ1) is 34.1. The summed E-state index contributed by atoms with van der Waals surface area (Å²) in [5.41, 5.74) is 4.21. The predicted octanol–water partition coefficient (Wildman–Crippen LogP) is 4.61. The quantitative estimate of drug-likeness (QED) is 0.178. The van der Waals surface area contributed by atoms with Crippen molar-refractivity contribution in [2.24, 2.45) is 0 Å². The molecule has 1 saturated heterocycles. The molecular weight excluding hydrogens is 576 g/mol. The summed E-state index contributed by atoms with van der Waals surface area (Å²) in [4.78, 5) is 47.6. The SMILES string of the molecule is CCOC(=O)CCOCc1ccc(Cc2cc(C3O[C@H](SC)[C@@H](OC(C)=O)[C@H](OC(C)=O)[C@H]3OC(C)=O)ccc2C)cc1. The fraction of sp³-hybridized carbons (Fsp3) is 0.500. The number of carbonyl (C=O) groups excluding carboxylic acids is 4. The summed E-state index contributed by atoms with van der Waals surface area (Å²) in [5.74, 6) is -2.03. The monoisotopic (exact) mass is 616 g/mol. The van der Waals surface area contributed by atoms with Gasteiger partial charge < -0.3 is 28.4 Å². The van der Waals surface area contributed by atoms with E-state index in [-0.39, 0.29) is 12.4 Å². The van der Waals surface area contributed by atoms with Crippen LogP contribution in [0.25, 0.3) is 0 Å². The van der Waals surface area contributed by atoms with Crippen LogP contribution in [0.15, 0.2) is 42.5 Å². The van der Waals surface area contributed by atoms with E-state index in [4.69, 9.17) is 28.4 Å². The van der Waals surface area contributed by atoms with E-state index in [1.807, 2.05) is 49.4 Å². The Balaban J connectivity index is 1.81. The van der Waals surface area contributed by atoms with E-state index in [0.717, 1.165) is 27.8 Å². The summed E-state index contributed by atoms with van der Waals surface area (Å²) >= 11 is 1.30. The molecule has 0 aliphatic carbocycles. The summed E-state index contributed by atoms with van der Waals surface area (Å²) in [7, 11) is 0. The van der Waals surface area contributed by atoms with Gasteiger partial charge in [-0.05, 0) is 54.3 Å². The average Bonchev–Trinajstić information content (AvgIpc) is 2.94. The van der Waals surface area contributed by atoms with Gasteiger partial charge in [-0.15, -0.1) is 11.8 Å². The highest BCUT2D eigenvalue weighted by Crippen LogP contribution is 2.40. The lowest BCUT2D eigenvalue weighted by Crippen LogP contribution is -2.57. The van der Waals surface area contributed by atoms with Crippen LogP contribution in [0.1, 0.15) is 68.0 Å². The molecule has 11 heteroatoms. The van der Waals surface area contributed by atoms with E-state index >= 15 is 0 Å². The molecule has 1 aliphatic heterocycles. The molecule has 1 aliphatic rings. The van der Waals surface area contributed by atoms with E-state index in [1.54, 1.807) is 13.2 Å². The second-order valence-electron chi connectivity index (χ2n) is 10.2. The average molecular weight is 617 g/mol. The Morgan fingerprint density at radius 1 is 0.837 bits per heavy atom. The minimum Gasteiger partial charge on any atom is -0.466 e. The minimum atomic E-state index is -1.07. The second-order valence-corrected chi connectivity index (χ2v) is 11.1. The standard InChI is InChI=1S/C32H40O10S/c1-7-38-27(36)14-15-37-18-24-11-9-23(10-12-24)16-26-17-25(13-8-19(26)2)28-29(39-20(3)33)30(40-21(4)34)31(41-22(5)35)32(42-28)43-6/h8-13,17,28-32H,7,14-16,18H2,1-6H3/t28?,29-,30+,31-,32+/m0/s1. The van der Waals surface area contributed by atoms with E-state index in [2.05, 4.69) is 0 Å². The van der Waals surface area contributed by atoms with Crippen molar-refractivity contribution in [3.8, 4) is 0 Å². The molecular formula is C32H40O10S. The molecule has 0 spiro atoms. The molecule has 0 radical (unpaired) electrons. The molecule has 5 atom stereocenters. The highest BCUT2D eigenvalue weighted by atomic mass is 32.2. The third-order valence-corrected chi connectivity index (χ3v) is 7.62.